The van der Waals surface area contributed by atoms with Gasteiger partial charge in [-0.15, -0.1) is 21.5 Å². The number of thioether (sulfide) groups is 1. The molecule has 0 saturated carbocycles. The molecule has 0 saturated heterocycles. The van der Waals surface area contributed by atoms with Gasteiger partial charge in [0.1, 0.15) is 0 Å². The van der Waals surface area contributed by atoms with Gasteiger partial charge in [-0.2, -0.15) is 0 Å². The highest BCUT2D eigenvalue weighted by Crippen LogP contribution is 2.37. The van der Waals surface area contributed by atoms with Crippen molar-refractivity contribution in [2.75, 3.05) is 5.75 Å². The molecule has 0 aromatic carbocycles. The molecule has 2 heterocycles. The summed E-state index contributed by atoms with van der Waals surface area (Å²) >= 11 is 3.28. The molecule has 1 aliphatic rings. The maximum Gasteiger partial charge on any atom is 0.230 e. The number of hydrogen-bond donors (Lipinski definition) is 1. The van der Waals surface area contributed by atoms with Crippen LogP contribution in [0.4, 0.5) is 0 Å². The van der Waals surface area contributed by atoms with Crippen LogP contribution in [-0.4, -0.2) is 32.5 Å². The first-order valence-electron chi connectivity index (χ1n) is 8.91. The van der Waals surface area contributed by atoms with Crippen LogP contribution in [-0.2, 0) is 24.7 Å². The van der Waals surface area contributed by atoms with E-state index in [1.807, 2.05) is 36.8 Å². The Labute approximate surface area is 157 Å². The van der Waals surface area contributed by atoms with Crippen LogP contribution >= 0.6 is 23.1 Å². The van der Waals surface area contributed by atoms with Crippen LogP contribution in [0.25, 0.3) is 10.7 Å². The van der Waals surface area contributed by atoms with Gasteiger partial charge in [-0.1, -0.05) is 25.1 Å². The van der Waals surface area contributed by atoms with Crippen molar-refractivity contribution in [2.45, 2.75) is 57.7 Å². The Morgan fingerprint density at radius 2 is 2.28 bits per heavy atom. The second-order valence-electron chi connectivity index (χ2n) is 6.95. The molecule has 5 nitrogen and oxygen atoms in total. The van der Waals surface area contributed by atoms with E-state index in [0.29, 0.717) is 5.75 Å². The van der Waals surface area contributed by atoms with Crippen molar-refractivity contribution in [3.05, 3.63) is 16.5 Å². The van der Waals surface area contributed by atoms with Crippen LogP contribution in [0.3, 0.4) is 0 Å². The molecule has 1 aliphatic carbocycles. The minimum absolute atomic E-state index is 0.0294. The van der Waals surface area contributed by atoms with Crippen LogP contribution < -0.4 is 5.32 Å². The van der Waals surface area contributed by atoms with E-state index >= 15 is 0 Å². The number of carbonyl (C=O) groups excluding carboxylic acids is 1. The second kappa shape index (κ2) is 7.91. The van der Waals surface area contributed by atoms with E-state index < -0.39 is 0 Å². The zero-order valence-electron chi connectivity index (χ0n) is 15.3. The average Bonchev–Trinajstić information content (AvgIpc) is 3.14. The predicted molar refractivity (Wildman–Crippen MR) is 104 cm³/mol. The number of aromatic nitrogens is 3. The highest BCUT2D eigenvalue weighted by Gasteiger charge is 2.22. The third-order valence-electron chi connectivity index (χ3n) is 4.60. The predicted octanol–water partition coefficient (Wildman–Crippen LogP) is 3.68. The summed E-state index contributed by atoms with van der Waals surface area (Å²) in [4.78, 5) is 14.5. The van der Waals surface area contributed by atoms with Crippen LogP contribution in [0.5, 0.6) is 0 Å². The second-order valence-corrected chi connectivity index (χ2v) is 9.03. The van der Waals surface area contributed by atoms with Gasteiger partial charge in [-0.25, -0.2) is 0 Å². The van der Waals surface area contributed by atoms with Gasteiger partial charge in [-0.05, 0) is 50.7 Å². The Morgan fingerprint density at radius 3 is 3.00 bits per heavy atom. The summed E-state index contributed by atoms with van der Waals surface area (Å²) in [6.45, 7) is 6.21. The lowest BCUT2D eigenvalue weighted by molar-refractivity contribution is -0.119. The number of nitrogens with zero attached hydrogens (tertiary/aromatic N) is 3. The number of fused-ring (bicyclic) bond motifs is 1. The molecule has 0 bridgehead atoms. The van der Waals surface area contributed by atoms with Crippen molar-refractivity contribution in [3.63, 3.8) is 0 Å². The Bertz CT molecular complexity index is 750. The molecule has 1 amide bonds. The zero-order valence-corrected chi connectivity index (χ0v) is 17.0. The Balaban J connectivity index is 1.71. The van der Waals surface area contributed by atoms with E-state index in [-0.39, 0.29) is 11.9 Å². The molecule has 1 N–H and O–H groups in total. The maximum absolute atomic E-state index is 11.8. The number of aryl methyl sites for hydroxylation is 1. The minimum atomic E-state index is 0.0294. The van der Waals surface area contributed by atoms with Gasteiger partial charge in [0, 0.05) is 18.0 Å². The maximum atomic E-state index is 11.8. The van der Waals surface area contributed by atoms with Crippen molar-refractivity contribution >= 4 is 29.0 Å². The van der Waals surface area contributed by atoms with Gasteiger partial charge in [0.05, 0.1) is 10.6 Å². The molecule has 0 radical (unpaired) electrons. The summed E-state index contributed by atoms with van der Waals surface area (Å²) in [6.07, 6.45) is 4.94. The topological polar surface area (TPSA) is 59.8 Å². The molecule has 25 heavy (non-hydrogen) atoms. The Kier molecular flexibility index (Phi) is 5.84. The normalized spacial score (nSPS) is 16.9. The summed E-state index contributed by atoms with van der Waals surface area (Å²) in [7, 11) is 1.98. The number of carbonyl (C=O) groups is 1. The number of rotatable bonds is 6. The molecule has 0 aliphatic heterocycles. The van der Waals surface area contributed by atoms with Crippen molar-refractivity contribution in [1.29, 1.82) is 0 Å². The van der Waals surface area contributed by atoms with Gasteiger partial charge in [-0.3, -0.25) is 4.79 Å². The molecule has 136 valence electrons. The molecule has 2 aromatic rings. The highest BCUT2D eigenvalue weighted by molar-refractivity contribution is 7.99. The molecule has 7 heteroatoms. The summed E-state index contributed by atoms with van der Waals surface area (Å²) in [5.41, 5.74) is 1.49. The molecular weight excluding hydrogens is 352 g/mol. The van der Waals surface area contributed by atoms with Crippen molar-refractivity contribution in [2.24, 2.45) is 13.0 Å². The van der Waals surface area contributed by atoms with E-state index in [9.17, 15) is 4.79 Å². The standard InChI is InChI=1S/C18H26N4OS2/c1-5-12-6-7-14-13(8-12)9-15(25-14)17-20-21-18(22(17)4)24-10-16(23)19-11(2)3/h9,11-12H,5-8,10H2,1-4H3,(H,19,23)/t12-/m0/s1. The lowest BCUT2D eigenvalue weighted by Gasteiger charge is -2.19. The van der Waals surface area contributed by atoms with Gasteiger partial charge >= 0.3 is 0 Å². The molecule has 0 fully saturated rings. The van der Waals surface area contributed by atoms with E-state index in [2.05, 4.69) is 28.5 Å². The molecule has 0 unspecified atom stereocenters. The fourth-order valence-electron chi connectivity index (χ4n) is 3.21. The summed E-state index contributed by atoms with van der Waals surface area (Å²) in [6, 6.07) is 2.46. The van der Waals surface area contributed by atoms with E-state index in [0.717, 1.165) is 16.9 Å². The van der Waals surface area contributed by atoms with Gasteiger partial charge < -0.3 is 9.88 Å². The lowest BCUT2D eigenvalue weighted by atomic mass is 9.87. The quantitative estimate of drug-likeness (QED) is 0.779. The molecular formula is C18H26N4OS2. The van der Waals surface area contributed by atoms with Crippen molar-refractivity contribution in [1.82, 2.24) is 20.1 Å². The minimum Gasteiger partial charge on any atom is -0.353 e. The first kappa shape index (κ1) is 18.5. The van der Waals surface area contributed by atoms with Crippen molar-refractivity contribution < 1.29 is 4.79 Å². The van der Waals surface area contributed by atoms with E-state index in [1.54, 1.807) is 0 Å². The number of nitrogens with one attached hydrogen (secondary N) is 1. The first-order valence-corrected chi connectivity index (χ1v) is 10.7. The summed E-state index contributed by atoms with van der Waals surface area (Å²) in [5, 5.41) is 12.3. The molecule has 2 aromatic heterocycles. The SMILES string of the molecule is CC[C@H]1CCc2sc(-c3nnc(SCC(=O)NC(C)C)n3C)cc2C1. The van der Waals surface area contributed by atoms with Crippen LogP contribution in [0.1, 0.15) is 44.1 Å². The first-order chi connectivity index (χ1) is 12.0. The number of thiophene rings is 1. The summed E-state index contributed by atoms with van der Waals surface area (Å²) in [5.74, 6) is 2.12. The summed E-state index contributed by atoms with van der Waals surface area (Å²) < 4.78 is 2.00. The largest absolute Gasteiger partial charge is 0.353 e. The zero-order chi connectivity index (χ0) is 18.0. The smallest absolute Gasteiger partial charge is 0.230 e. The van der Waals surface area contributed by atoms with Crippen LogP contribution in [0.2, 0.25) is 0 Å². The van der Waals surface area contributed by atoms with E-state index in [4.69, 9.17) is 0 Å². The van der Waals surface area contributed by atoms with Gasteiger partial charge in [0.25, 0.3) is 0 Å². The average molecular weight is 379 g/mol. The Morgan fingerprint density at radius 1 is 1.48 bits per heavy atom. The molecule has 1 atom stereocenters. The van der Waals surface area contributed by atoms with E-state index in [1.165, 1.54) is 52.8 Å². The monoisotopic (exact) mass is 378 g/mol. The number of amides is 1. The fourth-order valence-corrected chi connectivity index (χ4v) is 5.16. The number of hydrogen-bond acceptors (Lipinski definition) is 5. The third kappa shape index (κ3) is 4.26. The van der Waals surface area contributed by atoms with Gasteiger partial charge in [0.15, 0.2) is 11.0 Å². The molecule has 0 spiro atoms. The molecule has 3 rings (SSSR count). The van der Waals surface area contributed by atoms with Crippen LogP contribution in [0.15, 0.2) is 11.2 Å². The third-order valence-corrected chi connectivity index (χ3v) is 6.85. The fraction of sp³-hybridized carbons (Fsp3) is 0.611. The van der Waals surface area contributed by atoms with Gasteiger partial charge in [0.2, 0.25) is 5.91 Å². The Hall–Kier alpha value is -1.34. The highest BCUT2D eigenvalue weighted by atomic mass is 32.2. The van der Waals surface area contributed by atoms with Crippen molar-refractivity contribution in [3.8, 4) is 10.7 Å². The lowest BCUT2D eigenvalue weighted by Crippen LogP contribution is -2.31. The van der Waals surface area contributed by atoms with Crippen LogP contribution in [0, 0.1) is 5.92 Å².